The van der Waals surface area contributed by atoms with Crippen LogP contribution in [0.15, 0.2) is 54.9 Å². The minimum absolute atomic E-state index is 0.0991. The molecule has 3 rings (SSSR count). The van der Waals surface area contributed by atoms with Gasteiger partial charge in [0.15, 0.2) is 0 Å². The smallest absolute Gasteiger partial charge is 0.251 e. The molecule has 0 aliphatic heterocycles. The Hall–Kier alpha value is -2.82. The van der Waals surface area contributed by atoms with Gasteiger partial charge in [0.1, 0.15) is 5.82 Å². The Morgan fingerprint density at radius 2 is 1.95 bits per heavy atom. The number of rotatable bonds is 4. The third kappa shape index (κ3) is 2.79. The van der Waals surface area contributed by atoms with Crippen LogP contribution in [0, 0.1) is 0 Å². The zero-order chi connectivity index (χ0) is 15.5. The lowest BCUT2D eigenvalue weighted by molar-refractivity contribution is 0.0950. The molecule has 5 nitrogen and oxygen atoms in total. The third-order valence-corrected chi connectivity index (χ3v) is 3.57. The highest BCUT2D eigenvalue weighted by atomic mass is 16.1. The SMILES string of the molecule is CN(C)c1ccc(C(=O)NCc2ncc3ccccn23)cc1. The molecule has 1 amide bonds. The summed E-state index contributed by atoms with van der Waals surface area (Å²) >= 11 is 0. The number of hydrogen-bond acceptors (Lipinski definition) is 3. The van der Waals surface area contributed by atoms with Gasteiger partial charge in [0.2, 0.25) is 0 Å². The molecule has 0 atom stereocenters. The second kappa shape index (κ2) is 5.89. The molecule has 3 aromatic rings. The van der Waals surface area contributed by atoms with Gasteiger partial charge in [-0.15, -0.1) is 0 Å². The monoisotopic (exact) mass is 294 g/mol. The molecule has 2 heterocycles. The number of nitrogens with zero attached hydrogens (tertiary/aromatic N) is 3. The highest BCUT2D eigenvalue weighted by molar-refractivity contribution is 5.94. The number of amides is 1. The standard InChI is InChI=1S/C17H18N4O/c1-20(2)14-8-6-13(7-9-14)17(22)19-12-16-18-11-15-5-3-4-10-21(15)16/h3-11H,12H2,1-2H3,(H,19,22). The van der Waals surface area contributed by atoms with Gasteiger partial charge >= 0.3 is 0 Å². The number of carbonyl (C=O) groups is 1. The Kier molecular flexibility index (Phi) is 3.78. The van der Waals surface area contributed by atoms with E-state index in [1.807, 2.05) is 72.1 Å². The molecule has 2 aromatic heterocycles. The molecule has 0 aliphatic rings. The van der Waals surface area contributed by atoms with Crippen LogP contribution < -0.4 is 10.2 Å². The molecule has 22 heavy (non-hydrogen) atoms. The van der Waals surface area contributed by atoms with E-state index in [-0.39, 0.29) is 5.91 Å². The van der Waals surface area contributed by atoms with Crippen LogP contribution in [0.1, 0.15) is 16.2 Å². The van der Waals surface area contributed by atoms with Crippen molar-refractivity contribution in [2.24, 2.45) is 0 Å². The number of anilines is 1. The first-order valence-corrected chi connectivity index (χ1v) is 7.12. The molecule has 0 saturated heterocycles. The predicted octanol–water partition coefficient (Wildman–Crippen LogP) is 2.33. The number of benzene rings is 1. The van der Waals surface area contributed by atoms with E-state index in [4.69, 9.17) is 0 Å². The normalized spacial score (nSPS) is 10.6. The lowest BCUT2D eigenvalue weighted by Gasteiger charge is -2.12. The van der Waals surface area contributed by atoms with Crippen LogP contribution in [0.4, 0.5) is 5.69 Å². The van der Waals surface area contributed by atoms with Gasteiger partial charge in [-0.1, -0.05) is 6.07 Å². The van der Waals surface area contributed by atoms with Crippen LogP contribution in [-0.4, -0.2) is 29.4 Å². The summed E-state index contributed by atoms with van der Waals surface area (Å²) in [5, 5.41) is 2.91. The number of nitrogens with one attached hydrogen (secondary N) is 1. The molecule has 0 unspecified atom stereocenters. The second-order valence-corrected chi connectivity index (χ2v) is 5.29. The van der Waals surface area contributed by atoms with Crippen molar-refractivity contribution >= 4 is 17.1 Å². The highest BCUT2D eigenvalue weighted by Crippen LogP contribution is 2.12. The van der Waals surface area contributed by atoms with Gasteiger partial charge in [-0.2, -0.15) is 0 Å². The summed E-state index contributed by atoms with van der Waals surface area (Å²) in [7, 11) is 3.94. The van der Waals surface area contributed by atoms with Gasteiger partial charge in [-0.25, -0.2) is 4.98 Å². The largest absolute Gasteiger partial charge is 0.378 e. The van der Waals surface area contributed by atoms with Gasteiger partial charge < -0.3 is 14.6 Å². The van der Waals surface area contributed by atoms with Crippen molar-refractivity contribution in [2.45, 2.75) is 6.54 Å². The van der Waals surface area contributed by atoms with Crippen molar-refractivity contribution < 1.29 is 4.79 Å². The summed E-state index contributed by atoms with van der Waals surface area (Å²) in [6.07, 6.45) is 3.74. The summed E-state index contributed by atoms with van der Waals surface area (Å²) in [6, 6.07) is 13.4. The van der Waals surface area contributed by atoms with Crippen LogP contribution in [0.3, 0.4) is 0 Å². The van der Waals surface area contributed by atoms with Crippen molar-refractivity contribution in [1.82, 2.24) is 14.7 Å². The number of carbonyl (C=O) groups excluding carboxylic acids is 1. The Morgan fingerprint density at radius 1 is 1.18 bits per heavy atom. The first-order valence-electron chi connectivity index (χ1n) is 7.12. The van der Waals surface area contributed by atoms with Crippen molar-refractivity contribution in [1.29, 1.82) is 0 Å². The Bertz CT molecular complexity index is 790. The fraction of sp³-hybridized carbons (Fsp3) is 0.176. The first-order chi connectivity index (χ1) is 10.6. The van der Waals surface area contributed by atoms with Crippen molar-refractivity contribution in [3.63, 3.8) is 0 Å². The van der Waals surface area contributed by atoms with E-state index < -0.39 is 0 Å². The van der Waals surface area contributed by atoms with Crippen molar-refractivity contribution in [3.05, 3.63) is 66.2 Å². The van der Waals surface area contributed by atoms with E-state index in [0.717, 1.165) is 17.0 Å². The van der Waals surface area contributed by atoms with Gasteiger partial charge in [0.05, 0.1) is 18.3 Å². The fourth-order valence-corrected chi connectivity index (χ4v) is 2.30. The number of imidazole rings is 1. The van der Waals surface area contributed by atoms with Crippen LogP contribution in [0.25, 0.3) is 5.52 Å². The molecular weight excluding hydrogens is 276 g/mol. The van der Waals surface area contributed by atoms with Crippen LogP contribution in [0.2, 0.25) is 0 Å². The van der Waals surface area contributed by atoms with E-state index in [2.05, 4.69) is 10.3 Å². The van der Waals surface area contributed by atoms with E-state index in [1.165, 1.54) is 0 Å². The summed E-state index contributed by atoms with van der Waals surface area (Å²) in [5.41, 5.74) is 2.73. The van der Waals surface area contributed by atoms with Crippen LogP contribution in [0.5, 0.6) is 0 Å². The van der Waals surface area contributed by atoms with E-state index in [1.54, 1.807) is 6.20 Å². The third-order valence-electron chi connectivity index (χ3n) is 3.57. The average molecular weight is 294 g/mol. The molecule has 0 bridgehead atoms. The topological polar surface area (TPSA) is 49.6 Å². The van der Waals surface area contributed by atoms with Gasteiger partial charge in [-0.3, -0.25) is 4.79 Å². The lowest BCUT2D eigenvalue weighted by Crippen LogP contribution is -2.24. The Balaban J connectivity index is 1.69. The molecule has 112 valence electrons. The van der Waals surface area contributed by atoms with E-state index in [0.29, 0.717) is 12.1 Å². The number of hydrogen-bond donors (Lipinski definition) is 1. The predicted molar refractivity (Wildman–Crippen MR) is 87.1 cm³/mol. The zero-order valence-corrected chi connectivity index (χ0v) is 12.7. The minimum atomic E-state index is -0.0991. The fourth-order valence-electron chi connectivity index (χ4n) is 2.30. The molecule has 1 N–H and O–H groups in total. The Labute approximate surface area is 129 Å². The summed E-state index contributed by atoms with van der Waals surface area (Å²) in [6.45, 7) is 0.395. The highest BCUT2D eigenvalue weighted by Gasteiger charge is 2.08. The number of fused-ring (bicyclic) bond motifs is 1. The van der Waals surface area contributed by atoms with Gasteiger partial charge in [0.25, 0.3) is 5.91 Å². The maximum absolute atomic E-state index is 12.2. The molecule has 0 saturated carbocycles. The van der Waals surface area contributed by atoms with Crippen LogP contribution >= 0.6 is 0 Å². The van der Waals surface area contributed by atoms with Gasteiger partial charge in [-0.05, 0) is 36.4 Å². The van der Waals surface area contributed by atoms with E-state index >= 15 is 0 Å². The summed E-state index contributed by atoms with van der Waals surface area (Å²) < 4.78 is 1.97. The zero-order valence-electron chi connectivity index (χ0n) is 12.7. The second-order valence-electron chi connectivity index (χ2n) is 5.29. The maximum atomic E-state index is 12.2. The molecule has 0 radical (unpaired) electrons. The molecular formula is C17H18N4O. The molecule has 1 aromatic carbocycles. The average Bonchev–Trinajstić information content (AvgIpc) is 2.96. The first kappa shape index (κ1) is 14.1. The van der Waals surface area contributed by atoms with Crippen molar-refractivity contribution in [3.8, 4) is 0 Å². The summed E-state index contributed by atoms with van der Waals surface area (Å²) in [4.78, 5) is 18.5. The quantitative estimate of drug-likeness (QED) is 0.803. The lowest BCUT2D eigenvalue weighted by atomic mass is 10.2. The van der Waals surface area contributed by atoms with Crippen molar-refractivity contribution in [2.75, 3.05) is 19.0 Å². The number of aromatic nitrogens is 2. The van der Waals surface area contributed by atoms with Crippen LogP contribution in [-0.2, 0) is 6.54 Å². The molecule has 0 aliphatic carbocycles. The molecule has 5 heteroatoms. The maximum Gasteiger partial charge on any atom is 0.251 e. The van der Waals surface area contributed by atoms with Gasteiger partial charge in [0, 0.05) is 31.5 Å². The summed E-state index contributed by atoms with van der Waals surface area (Å²) in [5.74, 6) is 0.715. The van der Waals surface area contributed by atoms with E-state index in [9.17, 15) is 4.79 Å². The minimum Gasteiger partial charge on any atom is -0.378 e. The number of pyridine rings is 1. The molecule has 0 spiro atoms. The Morgan fingerprint density at radius 3 is 2.68 bits per heavy atom. The molecule has 0 fully saturated rings.